The number of rotatable bonds is 10. The summed E-state index contributed by atoms with van der Waals surface area (Å²) < 4.78 is 5.63. The van der Waals surface area contributed by atoms with Crippen molar-refractivity contribution in [1.29, 1.82) is 0 Å². The van der Waals surface area contributed by atoms with E-state index in [4.69, 9.17) is 10.5 Å². The molecule has 3 N–H and O–H groups in total. The maximum Gasteiger partial charge on any atom is 0.239 e. The van der Waals surface area contributed by atoms with E-state index in [1.165, 1.54) is 5.56 Å². The number of amides is 1. The Morgan fingerprint density at radius 1 is 1.23 bits per heavy atom. The van der Waals surface area contributed by atoms with Gasteiger partial charge >= 0.3 is 0 Å². The second-order valence-corrected chi connectivity index (χ2v) is 6.02. The van der Waals surface area contributed by atoms with Crippen LogP contribution >= 0.6 is 0 Å². The summed E-state index contributed by atoms with van der Waals surface area (Å²) in [4.78, 5) is 12.0. The minimum atomic E-state index is -0.772. The maximum atomic E-state index is 12.0. The Hall–Kier alpha value is -1.55. The standard InChI is InChI=1S/C18H30N2O2/c1-4-6-14-22-16-9-7-15(8-10-16)11-13-20-17(21)18(3,19)12-5-2/h7-10H,4-6,11-14,19H2,1-3H3,(H,20,21). The van der Waals surface area contributed by atoms with Crippen molar-refractivity contribution in [1.82, 2.24) is 5.32 Å². The van der Waals surface area contributed by atoms with E-state index in [2.05, 4.69) is 12.2 Å². The lowest BCUT2D eigenvalue weighted by atomic mass is 9.96. The molecule has 22 heavy (non-hydrogen) atoms. The Kier molecular flexibility index (Phi) is 7.96. The average molecular weight is 306 g/mol. The van der Waals surface area contributed by atoms with E-state index in [0.717, 1.165) is 38.0 Å². The molecule has 1 amide bonds. The highest BCUT2D eigenvalue weighted by Gasteiger charge is 2.26. The van der Waals surface area contributed by atoms with Crippen LogP contribution in [0.1, 0.15) is 52.0 Å². The Morgan fingerprint density at radius 2 is 1.91 bits per heavy atom. The number of benzene rings is 1. The van der Waals surface area contributed by atoms with Crippen LogP contribution in [0.3, 0.4) is 0 Å². The molecule has 4 heteroatoms. The second kappa shape index (κ2) is 9.46. The predicted molar refractivity (Wildman–Crippen MR) is 91.1 cm³/mol. The van der Waals surface area contributed by atoms with Gasteiger partial charge in [0.2, 0.25) is 5.91 Å². The van der Waals surface area contributed by atoms with E-state index in [-0.39, 0.29) is 5.91 Å². The molecule has 0 aromatic heterocycles. The summed E-state index contributed by atoms with van der Waals surface area (Å²) in [6, 6.07) is 8.05. The highest BCUT2D eigenvalue weighted by atomic mass is 16.5. The highest BCUT2D eigenvalue weighted by Crippen LogP contribution is 2.13. The maximum absolute atomic E-state index is 12.0. The topological polar surface area (TPSA) is 64.3 Å². The van der Waals surface area contributed by atoms with Gasteiger partial charge in [0.25, 0.3) is 0 Å². The number of ether oxygens (including phenoxy) is 1. The summed E-state index contributed by atoms with van der Waals surface area (Å²) in [5.41, 5.74) is 6.41. The molecule has 1 rings (SSSR count). The summed E-state index contributed by atoms with van der Waals surface area (Å²) in [6.07, 6.45) is 4.60. The van der Waals surface area contributed by atoms with Crippen molar-refractivity contribution in [2.75, 3.05) is 13.2 Å². The van der Waals surface area contributed by atoms with Gasteiger partial charge in [0.05, 0.1) is 12.1 Å². The first-order valence-electron chi connectivity index (χ1n) is 8.28. The molecule has 0 saturated heterocycles. The zero-order chi connectivity index (χ0) is 16.4. The third-order valence-corrected chi connectivity index (χ3v) is 3.68. The fourth-order valence-corrected chi connectivity index (χ4v) is 2.24. The zero-order valence-corrected chi connectivity index (χ0v) is 14.2. The molecule has 0 spiro atoms. The van der Waals surface area contributed by atoms with Crippen LogP contribution in [0.5, 0.6) is 5.75 Å². The second-order valence-electron chi connectivity index (χ2n) is 6.02. The summed E-state index contributed by atoms with van der Waals surface area (Å²) in [7, 11) is 0. The van der Waals surface area contributed by atoms with Gasteiger partial charge < -0.3 is 15.8 Å². The molecule has 0 bridgehead atoms. The average Bonchev–Trinajstić information content (AvgIpc) is 2.49. The fourth-order valence-electron chi connectivity index (χ4n) is 2.24. The fraction of sp³-hybridized carbons (Fsp3) is 0.611. The molecule has 0 radical (unpaired) electrons. The number of carbonyl (C=O) groups excluding carboxylic acids is 1. The molecule has 0 aliphatic heterocycles. The Morgan fingerprint density at radius 3 is 2.50 bits per heavy atom. The number of hydrogen-bond acceptors (Lipinski definition) is 3. The monoisotopic (exact) mass is 306 g/mol. The first-order chi connectivity index (χ1) is 10.5. The third-order valence-electron chi connectivity index (χ3n) is 3.68. The van der Waals surface area contributed by atoms with Crippen molar-refractivity contribution in [2.45, 2.75) is 58.4 Å². The van der Waals surface area contributed by atoms with Gasteiger partial charge in [-0.1, -0.05) is 38.8 Å². The van der Waals surface area contributed by atoms with E-state index >= 15 is 0 Å². The number of nitrogens with two attached hydrogens (primary N) is 1. The van der Waals surface area contributed by atoms with Crippen molar-refractivity contribution in [2.24, 2.45) is 5.73 Å². The molecule has 0 saturated carbocycles. The van der Waals surface area contributed by atoms with E-state index < -0.39 is 5.54 Å². The number of hydrogen-bond donors (Lipinski definition) is 2. The molecule has 0 aliphatic rings. The van der Waals surface area contributed by atoms with E-state index in [0.29, 0.717) is 13.0 Å². The van der Waals surface area contributed by atoms with Crippen LogP contribution in [-0.4, -0.2) is 24.6 Å². The molecule has 1 atom stereocenters. The zero-order valence-electron chi connectivity index (χ0n) is 14.2. The quantitative estimate of drug-likeness (QED) is 0.653. The van der Waals surface area contributed by atoms with Crippen LogP contribution in [0, 0.1) is 0 Å². The van der Waals surface area contributed by atoms with Gasteiger partial charge in [-0.05, 0) is 43.9 Å². The molecule has 0 aliphatic carbocycles. The molecule has 1 aromatic rings. The van der Waals surface area contributed by atoms with Gasteiger partial charge in [-0.2, -0.15) is 0 Å². The van der Waals surface area contributed by atoms with E-state index in [1.807, 2.05) is 31.2 Å². The third kappa shape index (κ3) is 6.48. The van der Waals surface area contributed by atoms with Crippen LogP contribution in [0.25, 0.3) is 0 Å². The van der Waals surface area contributed by atoms with E-state index in [9.17, 15) is 4.79 Å². The van der Waals surface area contributed by atoms with E-state index in [1.54, 1.807) is 6.92 Å². The molecule has 0 heterocycles. The molecule has 1 unspecified atom stereocenters. The SMILES string of the molecule is CCCCOc1ccc(CCNC(=O)C(C)(N)CCC)cc1. The Bertz CT molecular complexity index is 441. The van der Waals surface area contributed by atoms with Gasteiger partial charge in [-0.3, -0.25) is 4.79 Å². The molecule has 0 fully saturated rings. The largest absolute Gasteiger partial charge is 0.494 e. The normalized spacial score (nSPS) is 13.5. The van der Waals surface area contributed by atoms with Crippen molar-refractivity contribution < 1.29 is 9.53 Å². The summed E-state index contributed by atoms with van der Waals surface area (Å²) in [5, 5.41) is 2.92. The van der Waals surface area contributed by atoms with Gasteiger partial charge in [-0.15, -0.1) is 0 Å². The first-order valence-corrected chi connectivity index (χ1v) is 8.28. The van der Waals surface area contributed by atoms with Crippen molar-refractivity contribution in [3.05, 3.63) is 29.8 Å². The molecule has 4 nitrogen and oxygen atoms in total. The number of carbonyl (C=O) groups is 1. The smallest absolute Gasteiger partial charge is 0.239 e. The van der Waals surface area contributed by atoms with Crippen molar-refractivity contribution in [3.8, 4) is 5.75 Å². The lowest BCUT2D eigenvalue weighted by Crippen LogP contribution is -2.51. The summed E-state index contributed by atoms with van der Waals surface area (Å²) >= 11 is 0. The minimum absolute atomic E-state index is 0.0751. The van der Waals surface area contributed by atoms with Crippen LogP contribution in [0.4, 0.5) is 0 Å². The minimum Gasteiger partial charge on any atom is -0.494 e. The van der Waals surface area contributed by atoms with Crippen molar-refractivity contribution in [3.63, 3.8) is 0 Å². The van der Waals surface area contributed by atoms with Gasteiger partial charge in [0, 0.05) is 6.54 Å². The molecular formula is C18H30N2O2. The lowest BCUT2D eigenvalue weighted by molar-refractivity contribution is -0.126. The van der Waals surface area contributed by atoms with Gasteiger partial charge in [0.1, 0.15) is 5.75 Å². The van der Waals surface area contributed by atoms with Crippen LogP contribution in [0.15, 0.2) is 24.3 Å². The first kappa shape index (κ1) is 18.5. The Balaban J connectivity index is 2.34. The number of unbranched alkanes of at least 4 members (excludes halogenated alkanes) is 1. The highest BCUT2D eigenvalue weighted by molar-refractivity contribution is 5.85. The summed E-state index contributed by atoms with van der Waals surface area (Å²) in [5.74, 6) is 0.826. The van der Waals surface area contributed by atoms with Gasteiger partial charge in [0.15, 0.2) is 0 Å². The van der Waals surface area contributed by atoms with Crippen LogP contribution in [-0.2, 0) is 11.2 Å². The number of nitrogens with one attached hydrogen (secondary N) is 1. The Labute approximate surface area is 134 Å². The molecule has 124 valence electrons. The van der Waals surface area contributed by atoms with Gasteiger partial charge in [-0.25, -0.2) is 0 Å². The van der Waals surface area contributed by atoms with Crippen LogP contribution in [0.2, 0.25) is 0 Å². The lowest BCUT2D eigenvalue weighted by Gasteiger charge is -2.22. The predicted octanol–water partition coefficient (Wildman–Crippen LogP) is 3.04. The molecular weight excluding hydrogens is 276 g/mol. The van der Waals surface area contributed by atoms with Crippen LogP contribution < -0.4 is 15.8 Å². The van der Waals surface area contributed by atoms with Crippen molar-refractivity contribution >= 4 is 5.91 Å². The summed E-state index contributed by atoms with van der Waals surface area (Å²) in [6.45, 7) is 7.33. The molecule has 1 aromatic carbocycles.